The number of halogens is 2. The molecule has 1 heterocycles. The molecule has 0 spiro atoms. The third-order valence-corrected chi connectivity index (χ3v) is 2.39. The lowest BCUT2D eigenvalue weighted by atomic mass is 10.3. The molecule has 0 aliphatic heterocycles. The number of methoxy groups -OCH3 is 1. The topological polar surface area (TPSA) is 39.9 Å². The molecule has 0 aliphatic rings. The van der Waals surface area contributed by atoms with Crippen molar-refractivity contribution in [3.8, 4) is 11.4 Å². The molecule has 2 aromatic rings. The number of benzene rings is 1. The second-order valence-corrected chi connectivity index (χ2v) is 3.34. The van der Waals surface area contributed by atoms with Crippen molar-refractivity contribution < 1.29 is 9.13 Å². The Hall–Kier alpha value is -1.62. The summed E-state index contributed by atoms with van der Waals surface area (Å²) in [6.45, 7) is 0. The molecule has 0 saturated carbocycles. The molecule has 84 valence electrons. The predicted molar refractivity (Wildman–Crippen MR) is 57.4 cm³/mol. The van der Waals surface area contributed by atoms with Crippen LogP contribution in [0.25, 0.3) is 5.69 Å². The second-order valence-electron chi connectivity index (χ2n) is 3.07. The van der Waals surface area contributed by atoms with E-state index in [4.69, 9.17) is 16.3 Å². The number of hydrogen-bond acceptors (Lipinski definition) is 3. The van der Waals surface area contributed by atoms with Gasteiger partial charge in [-0.1, -0.05) is 0 Å². The average Bonchev–Trinajstić information content (AvgIpc) is 2.77. The molecule has 6 heteroatoms. The zero-order valence-electron chi connectivity index (χ0n) is 8.52. The molecular formula is C10H9ClFN3O. The van der Waals surface area contributed by atoms with Crippen LogP contribution in [0.1, 0.15) is 5.82 Å². The molecule has 0 fully saturated rings. The minimum atomic E-state index is -0.436. The summed E-state index contributed by atoms with van der Waals surface area (Å²) in [6, 6.07) is 4.60. The van der Waals surface area contributed by atoms with Gasteiger partial charge in [-0.05, 0) is 12.1 Å². The van der Waals surface area contributed by atoms with E-state index in [1.54, 1.807) is 16.7 Å². The third kappa shape index (κ3) is 1.86. The van der Waals surface area contributed by atoms with E-state index in [0.29, 0.717) is 11.5 Å². The Bertz CT molecular complexity index is 501. The van der Waals surface area contributed by atoms with Crippen LogP contribution in [0.15, 0.2) is 24.5 Å². The Labute approximate surface area is 96.6 Å². The van der Waals surface area contributed by atoms with Crippen molar-refractivity contribution in [2.45, 2.75) is 5.88 Å². The highest BCUT2D eigenvalue weighted by molar-refractivity contribution is 6.16. The summed E-state index contributed by atoms with van der Waals surface area (Å²) in [6.07, 6.45) is 1.49. The third-order valence-electron chi connectivity index (χ3n) is 2.15. The number of ether oxygens (including phenoxy) is 1. The van der Waals surface area contributed by atoms with Crippen LogP contribution in [0.5, 0.6) is 5.75 Å². The van der Waals surface area contributed by atoms with Crippen LogP contribution in [0.3, 0.4) is 0 Å². The first-order valence-electron chi connectivity index (χ1n) is 4.55. The molecule has 0 atom stereocenters. The predicted octanol–water partition coefficient (Wildman–Crippen LogP) is 2.15. The maximum absolute atomic E-state index is 13.5. The molecule has 1 aromatic heterocycles. The molecule has 0 bridgehead atoms. The summed E-state index contributed by atoms with van der Waals surface area (Å²) in [5.41, 5.74) is 0.610. The van der Waals surface area contributed by atoms with Gasteiger partial charge in [-0.25, -0.2) is 4.39 Å². The Kier molecular flexibility index (Phi) is 3.05. The average molecular weight is 242 g/mol. The van der Waals surface area contributed by atoms with Crippen molar-refractivity contribution in [2.75, 3.05) is 7.11 Å². The zero-order chi connectivity index (χ0) is 11.5. The number of aromatic nitrogens is 3. The quantitative estimate of drug-likeness (QED) is 0.773. The highest BCUT2D eigenvalue weighted by Gasteiger charge is 2.08. The molecular weight excluding hydrogens is 233 g/mol. The highest BCUT2D eigenvalue weighted by atomic mass is 35.5. The van der Waals surface area contributed by atoms with Crippen LogP contribution in [-0.2, 0) is 5.88 Å². The molecule has 2 rings (SSSR count). The Balaban J connectivity index is 2.45. The maximum Gasteiger partial charge on any atom is 0.167 e. The molecule has 0 N–H and O–H groups in total. The molecule has 0 aliphatic carbocycles. The Morgan fingerprint density at radius 3 is 2.94 bits per heavy atom. The first kappa shape index (κ1) is 10.9. The summed E-state index contributed by atoms with van der Waals surface area (Å²) < 4.78 is 19.9. The fourth-order valence-corrected chi connectivity index (χ4v) is 1.55. The van der Waals surface area contributed by atoms with Gasteiger partial charge in [-0.3, -0.25) is 4.57 Å². The van der Waals surface area contributed by atoms with E-state index in [1.807, 2.05) is 0 Å². The zero-order valence-corrected chi connectivity index (χ0v) is 9.28. The van der Waals surface area contributed by atoms with Gasteiger partial charge >= 0.3 is 0 Å². The normalized spacial score (nSPS) is 10.4. The molecule has 0 amide bonds. The first-order valence-corrected chi connectivity index (χ1v) is 5.08. The lowest BCUT2D eigenvalue weighted by Crippen LogP contribution is -1.99. The molecule has 16 heavy (non-hydrogen) atoms. The SMILES string of the molecule is COc1ccc(-n2cnnc2CCl)cc1F. The molecule has 1 aromatic carbocycles. The Morgan fingerprint density at radius 1 is 1.50 bits per heavy atom. The lowest BCUT2D eigenvalue weighted by molar-refractivity contribution is 0.386. The van der Waals surface area contributed by atoms with Gasteiger partial charge in [-0.15, -0.1) is 21.8 Å². The van der Waals surface area contributed by atoms with Gasteiger partial charge in [0.05, 0.1) is 18.7 Å². The summed E-state index contributed by atoms with van der Waals surface area (Å²) in [5.74, 6) is 0.540. The van der Waals surface area contributed by atoms with Gasteiger partial charge in [0, 0.05) is 6.07 Å². The van der Waals surface area contributed by atoms with Gasteiger partial charge in [0.25, 0.3) is 0 Å². The van der Waals surface area contributed by atoms with E-state index < -0.39 is 5.82 Å². The van der Waals surface area contributed by atoms with E-state index in [9.17, 15) is 4.39 Å². The summed E-state index contributed by atoms with van der Waals surface area (Å²) in [5, 5.41) is 7.53. The monoisotopic (exact) mass is 241 g/mol. The van der Waals surface area contributed by atoms with Crippen molar-refractivity contribution >= 4 is 11.6 Å². The fraction of sp³-hybridized carbons (Fsp3) is 0.200. The lowest BCUT2D eigenvalue weighted by Gasteiger charge is -2.07. The van der Waals surface area contributed by atoms with Gasteiger partial charge in [0.2, 0.25) is 0 Å². The van der Waals surface area contributed by atoms with Crippen molar-refractivity contribution in [1.29, 1.82) is 0 Å². The number of hydrogen-bond donors (Lipinski definition) is 0. The maximum atomic E-state index is 13.5. The van der Waals surface area contributed by atoms with Crippen molar-refractivity contribution in [3.63, 3.8) is 0 Å². The van der Waals surface area contributed by atoms with Crippen molar-refractivity contribution in [2.24, 2.45) is 0 Å². The van der Waals surface area contributed by atoms with E-state index in [2.05, 4.69) is 10.2 Å². The van der Waals surface area contributed by atoms with Crippen LogP contribution in [0.4, 0.5) is 4.39 Å². The number of nitrogens with zero attached hydrogens (tertiary/aromatic N) is 3. The van der Waals surface area contributed by atoms with E-state index in [0.717, 1.165) is 0 Å². The van der Waals surface area contributed by atoms with Gasteiger partial charge in [0.1, 0.15) is 6.33 Å². The van der Waals surface area contributed by atoms with Crippen LogP contribution >= 0.6 is 11.6 Å². The van der Waals surface area contributed by atoms with Gasteiger partial charge < -0.3 is 4.74 Å². The van der Waals surface area contributed by atoms with Gasteiger partial charge in [0.15, 0.2) is 17.4 Å². The van der Waals surface area contributed by atoms with E-state index >= 15 is 0 Å². The molecule has 4 nitrogen and oxygen atoms in total. The van der Waals surface area contributed by atoms with Crippen LogP contribution in [-0.4, -0.2) is 21.9 Å². The standard InChI is InChI=1S/C10H9ClFN3O/c1-16-9-3-2-7(4-8(9)12)15-6-13-14-10(15)5-11/h2-4,6H,5H2,1H3. The van der Waals surface area contributed by atoms with Crippen LogP contribution in [0, 0.1) is 5.82 Å². The Morgan fingerprint density at radius 2 is 2.31 bits per heavy atom. The summed E-state index contributed by atoms with van der Waals surface area (Å²) in [7, 11) is 1.42. The smallest absolute Gasteiger partial charge is 0.167 e. The minimum Gasteiger partial charge on any atom is -0.494 e. The first-order chi connectivity index (χ1) is 7.76. The van der Waals surface area contributed by atoms with Crippen LogP contribution in [0.2, 0.25) is 0 Å². The van der Waals surface area contributed by atoms with E-state index in [1.165, 1.54) is 19.5 Å². The van der Waals surface area contributed by atoms with Crippen LogP contribution < -0.4 is 4.74 Å². The second kappa shape index (κ2) is 4.49. The number of alkyl halides is 1. The summed E-state index contributed by atoms with van der Waals surface area (Å²) in [4.78, 5) is 0. The van der Waals surface area contributed by atoms with Crippen molar-refractivity contribution in [1.82, 2.24) is 14.8 Å². The molecule has 0 radical (unpaired) electrons. The molecule has 0 unspecified atom stereocenters. The largest absolute Gasteiger partial charge is 0.494 e. The summed E-state index contributed by atoms with van der Waals surface area (Å²) >= 11 is 5.68. The van der Waals surface area contributed by atoms with E-state index in [-0.39, 0.29) is 11.6 Å². The van der Waals surface area contributed by atoms with Crippen molar-refractivity contribution in [3.05, 3.63) is 36.2 Å². The number of rotatable bonds is 3. The minimum absolute atomic E-state index is 0.198. The van der Waals surface area contributed by atoms with Gasteiger partial charge in [-0.2, -0.15) is 0 Å². The molecule has 0 saturated heterocycles. The highest BCUT2D eigenvalue weighted by Crippen LogP contribution is 2.20. The fourth-order valence-electron chi connectivity index (χ4n) is 1.37.